The van der Waals surface area contributed by atoms with Gasteiger partial charge in [0.1, 0.15) is 5.76 Å². The summed E-state index contributed by atoms with van der Waals surface area (Å²) in [5, 5.41) is 10.2. The van der Waals surface area contributed by atoms with Crippen LogP contribution in [0, 0.1) is 13.8 Å². The molecule has 0 saturated carbocycles. The molecule has 0 aromatic carbocycles. The van der Waals surface area contributed by atoms with Crippen LogP contribution < -0.4 is 10.6 Å². The number of hydrogen-bond donors (Lipinski definition) is 2. The topological polar surface area (TPSA) is 67.2 Å². The maximum Gasteiger partial charge on any atom is 0.230 e. The molecule has 1 aromatic rings. The summed E-state index contributed by atoms with van der Waals surface area (Å²) >= 11 is 1.60. The molecule has 0 radical (unpaired) electrons. The average molecular weight is 306 g/mol. The van der Waals surface area contributed by atoms with Gasteiger partial charge < -0.3 is 15.2 Å². The third kappa shape index (κ3) is 4.71. The molecule has 5 nitrogen and oxygen atoms in total. The number of rotatable bonds is 5. The Morgan fingerprint density at radius 3 is 2.95 bits per heavy atom. The number of amides is 1. The first kappa shape index (κ1) is 16.3. The molecule has 1 aliphatic rings. The molecule has 2 N–H and O–H groups in total. The summed E-state index contributed by atoms with van der Waals surface area (Å²) in [4.78, 5) is 11.7. The van der Waals surface area contributed by atoms with Gasteiger partial charge in [0, 0.05) is 23.9 Å². The van der Waals surface area contributed by atoms with Crippen LogP contribution in [0.1, 0.15) is 23.4 Å². The fourth-order valence-electron chi connectivity index (χ4n) is 2.00. The Bertz CT molecular complexity index is 400. The minimum absolute atomic E-state index is 0. The van der Waals surface area contributed by atoms with E-state index in [1.807, 2.05) is 13.8 Å². The lowest BCUT2D eigenvalue weighted by molar-refractivity contribution is -0.119. The second-order valence-electron chi connectivity index (χ2n) is 4.55. The fourth-order valence-corrected chi connectivity index (χ4v) is 2.99. The second-order valence-corrected chi connectivity index (χ2v) is 5.54. The molecule has 7 heteroatoms. The Morgan fingerprint density at radius 1 is 1.58 bits per heavy atom. The highest BCUT2D eigenvalue weighted by Gasteiger charge is 2.16. The Labute approximate surface area is 123 Å². The Hall–Kier alpha value is -0.720. The van der Waals surface area contributed by atoms with Crippen molar-refractivity contribution in [3.05, 3.63) is 17.0 Å². The average Bonchev–Trinajstić information content (AvgIpc) is 2.93. The van der Waals surface area contributed by atoms with Crippen LogP contribution in [0.3, 0.4) is 0 Å². The SMILES string of the molecule is Cc1noc(C)c1CSCC(=O)NC1CCNC1.Cl. The van der Waals surface area contributed by atoms with E-state index < -0.39 is 0 Å². The summed E-state index contributed by atoms with van der Waals surface area (Å²) in [6.45, 7) is 5.72. The van der Waals surface area contributed by atoms with Crippen LogP contribution in [-0.2, 0) is 10.5 Å². The minimum atomic E-state index is 0. The molecule has 1 aromatic heterocycles. The number of halogens is 1. The van der Waals surface area contributed by atoms with Gasteiger partial charge in [0.25, 0.3) is 0 Å². The van der Waals surface area contributed by atoms with Gasteiger partial charge in [-0.15, -0.1) is 24.2 Å². The van der Waals surface area contributed by atoms with E-state index in [0.717, 1.165) is 42.3 Å². The van der Waals surface area contributed by atoms with Crippen LogP contribution in [0.2, 0.25) is 0 Å². The third-order valence-electron chi connectivity index (χ3n) is 3.09. The Kier molecular flexibility index (Phi) is 6.68. The Morgan fingerprint density at radius 2 is 2.37 bits per heavy atom. The molecular weight excluding hydrogens is 286 g/mol. The lowest BCUT2D eigenvalue weighted by Crippen LogP contribution is -2.37. The fraction of sp³-hybridized carbons (Fsp3) is 0.667. The van der Waals surface area contributed by atoms with Gasteiger partial charge in [-0.25, -0.2) is 0 Å². The van der Waals surface area contributed by atoms with Crippen molar-refractivity contribution in [2.45, 2.75) is 32.1 Å². The summed E-state index contributed by atoms with van der Waals surface area (Å²) in [7, 11) is 0. The quantitative estimate of drug-likeness (QED) is 0.861. The molecule has 0 bridgehead atoms. The molecule has 0 spiro atoms. The summed E-state index contributed by atoms with van der Waals surface area (Å²) in [6, 6.07) is 0.303. The van der Waals surface area contributed by atoms with Crippen molar-refractivity contribution in [2.24, 2.45) is 0 Å². The van der Waals surface area contributed by atoms with Crippen molar-refractivity contribution in [3.63, 3.8) is 0 Å². The van der Waals surface area contributed by atoms with Gasteiger partial charge in [-0.1, -0.05) is 5.16 Å². The van der Waals surface area contributed by atoms with E-state index >= 15 is 0 Å². The first-order chi connectivity index (χ1) is 8.66. The first-order valence-corrected chi connectivity index (χ1v) is 7.32. The molecule has 1 fully saturated rings. The van der Waals surface area contributed by atoms with E-state index in [9.17, 15) is 4.79 Å². The normalized spacial score (nSPS) is 18.1. The standard InChI is InChI=1S/C12H19N3O2S.ClH/c1-8-11(9(2)17-15-8)6-18-7-12(16)14-10-3-4-13-5-10;/h10,13H,3-7H2,1-2H3,(H,14,16);1H. The van der Waals surface area contributed by atoms with E-state index in [1.54, 1.807) is 11.8 Å². The molecule has 0 aliphatic carbocycles. The third-order valence-corrected chi connectivity index (χ3v) is 4.05. The monoisotopic (exact) mass is 305 g/mol. The second kappa shape index (κ2) is 7.77. The number of aryl methyl sites for hydroxylation is 2. The smallest absolute Gasteiger partial charge is 0.230 e. The maximum absolute atomic E-state index is 11.7. The number of aromatic nitrogens is 1. The van der Waals surface area contributed by atoms with Gasteiger partial charge in [-0.3, -0.25) is 4.79 Å². The molecule has 2 heterocycles. The van der Waals surface area contributed by atoms with Crippen molar-refractivity contribution >= 4 is 30.1 Å². The zero-order valence-corrected chi connectivity index (χ0v) is 12.8. The number of carbonyl (C=O) groups is 1. The van der Waals surface area contributed by atoms with Crippen molar-refractivity contribution in [1.29, 1.82) is 0 Å². The van der Waals surface area contributed by atoms with E-state index in [1.165, 1.54) is 0 Å². The van der Waals surface area contributed by atoms with Crippen LogP contribution in [0.4, 0.5) is 0 Å². The van der Waals surface area contributed by atoms with E-state index in [0.29, 0.717) is 11.8 Å². The van der Waals surface area contributed by atoms with Crippen LogP contribution in [0.5, 0.6) is 0 Å². The van der Waals surface area contributed by atoms with Crippen LogP contribution in [0.25, 0.3) is 0 Å². The van der Waals surface area contributed by atoms with Gasteiger partial charge in [-0.05, 0) is 26.8 Å². The summed E-state index contributed by atoms with van der Waals surface area (Å²) in [5.74, 6) is 2.22. The number of thioether (sulfide) groups is 1. The van der Waals surface area contributed by atoms with Crippen LogP contribution in [0.15, 0.2) is 4.52 Å². The molecular formula is C12H20ClN3O2S. The van der Waals surface area contributed by atoms with E-state index in [-0.39, 0.29) is 18.3 Å². The maximum atomic E-state index is 11.7. The molecule has 1 unspecified atom stereocenters. The van der Waals surface area contributed by atoms with Gasteiger partial charge in [-0.2, -0.15) is 0 Å². The highest BCUT2D eigenvalue weighted by molar-refractivity contribution is 7.99. The number of nitrogens with zero attached hydrogens (tertiary/aromatic N) is 1. The van der Waals surface area contributed by atoms with Crippen LogP contribution in [-0.4, -0.2) is 35.9 Å². The number of nitrogens with one attached hydrogen (secondary N) is 2. The van der Waals surface area contributed by atoms with Crippen molar-refractivity contribution in [1.82, 2.24) is 15.8 Å². The lowest BCUT2D eigenvalue weighted by atomic mass is 10.2. The van der Waals surface area contributed by atoms with E-state index in [4.69, 9.17) is 4.52 Å². The highest BCUT2D eigenvalue weighted by atomic mass is 35.5. The van der Waals surface area contributed by atoms with Gasteiger partial charge in [0.2, 0.25) is 5.91 Å². The molecule has 1 atom stereocenters. The van der Waals surface area contributed by atoms with Gasteiger partial charge in [0.15, 0.2) is 0 Å². The van der Waals surface area contributed by atoms with Crippen molar-refractivity contribution in [2.75, 3.05) is 18.8 Å². The summed E-state index contributed by atoms with van der Waals surface area (Å²) < 4.78 is 5.09. The summed E-state index contributed by atoms with van der Waals surface area (Å²) in [5.41, 5.74) is 2.02. The molecule has 1 amide bonds. The van der Waals surface area contributed by atoms with Gasteiger partial charge in [0.05, 0.1) is 11.4 Å². The predicted molar refractivity (Wildman–Crippen MR) is 78.8 cm³/mol. The van der Waals surface area contributed by atoms with Gasteiger partial charge >= 0.3 is 0 Å². The molecule has 108 valence electrons. The number of hydrogen-bond acceptors (Lipinski definition) is 5. The Balaban J connectivity index is 0.00000180. The van der Waals surface area contributed by atoms with Crippen molar-refractivity contribution < 1.29 is 9.32 Å². The molecule has 2 rings (SSSR count). The molecule has 1 aliphatic heterocycles. The zero-order chi connectivity index (χ0) is 13.0. The van der Waals surface area contributed by atoms with Crippen molar-refractivity contribution in [3.8, 4) is 0 Å². The minimum Gasteiger partial charge on any atom is -0.361 e. The van der Waals surface area contributed by atoms with Crippen LogP contribution >= 0.6 is 24.2 Å². The largest absolute Gasteiger partial charge is 0.361 e. The predicted octanol–water partition coefficient (Wildman–Crippen LogP) is 1.42. The highest BCUT2D eigenvalue weighted by Crippen LogP contribution is 2.19. The molecule has 19 heavy (non-hydrogen) atoms. The van der Waals surface area contributed by atoms with E-state index in [2.05, 4.69) is 15.8 Å². The first-order valence-electron chi connectivity index (χ1n) is 6.16. The molecule has 1 saturated heterocycles. The number of carbonyl (C=O) groups excluding carboxylic acids is 1. The zero-order valence-electron chi connectivity index (χ0n) is 11.2. The summed E-state index contributed by atoms with van der Waals surface area (Å²) in [6.07, 6.45) is 1.03. The lowest BCUT2D eigenvalue weighted by Gasteiger charge is -2.10.